The highest BCUT2D eigenvalue weighted by molar-refractivity contribution is 6.42. The van der Waals surface area contributed by atoms with Gasteiger partial charge in [-0.2, -0.15) is 0 Å². The van der Waals surface area contributed by atoms with Crippen molar-refractivity contribution in [2.45, 2.75) is 26.3 Å². The molecule has 3 amide bonds. The first-order valence-electron chi connectivity index (χ1n) is 8.39. The minimum atomic E-state index is -0.889. The first-order valence-corrected chi connectivity index (χ1v) is 9.53. The lowest BCUT2D eigenvalue weighted by atomic mass is 10.0. The Balaban J connectivity index is 1.91. The molecule has 7 nitrogen and oxygen atoms in total. The highest BCUT2D eigenvalue weighted by atomic mass is 35.5. The van der Waals surface area contributed by atoms with Crippen molar-refractivity contribution in [2.24, 2.45) is 5.16 Å². The average molecular weight is 458 g/mol. The van der Waals surface area contributed by atoms with Crippen LogP contribution in [-0.2, 0) is 4.84 Å². The first-order chi connectivity index (χ1) is 13.6. The first kappa shape index (κ1) is 22.8. The van der Waals surface area contributed by atoms with Crippen LogP contribution in [0.2, 0.25) is 15.1 Å². The quantitative estimate of drug-likeness (QED) is 0.285. The van der Waals surface area contributed by atoms with Gasteiger partial charge in [0, 0.05) is 16.4 Å². The van der Waals surface area contributed by atoms with Crippen LogP contribution in [0.15, 0.2) is 47.6 Å². The Kier molecular flexibility index (Phi) is 7.73. The second-order valence-corrected chi connectivity index (χ2v) is 7.77. The number of urea groups is 1. The molecule has 2 rings (SSSR count). The Hall–Kier alpha value is -2.48. The molecule has 0 atom stereocenters. The smallest absolute Gasteiger partial charge is 0.328 e. The summed E-state index contributed by atoms with van der Waals surface area (Å²) in [7, 11) is 0. The predicted molar refractivity (Wildman–Crippen MR) is 117 cm³/mol. The number of nitrogens with zero attached hydrogens (tertiary/aromatic N) is 1. The Morgan fingerprint density at radius 3 is 2.17 bits per heavy atom. The maximum absolute atomic E-state index is 12.2. The minimum Gasteiger partial charge on any atom is -0.328 e. The SMILES string of the molecule is CC(=NOC(=O)Nc1ccc(Cl)c(Cl)c1)C(C)(C)NC(=O)Nc1ccc(Cl)cc1. The van der Waals surface area contributed by atoms with Gasteiger partial charge in [-0.15, -0.1) is 0 Å². The minimum absolute atomic E-state index is 0.293. The summed E-state index contributed by atoms with van der Waals surface area (Å²) in [4.78, 5) is 29.0. The van der Waals surface area contributed by atoms with Crippen LogP contribution in [0, 0.1) is 0 Å². The molecule has 154 valence electrons. The molecule has 0 bridgehead atoms. The molecule has 3 N–H and O–H groups in total. The lowest BCUT2D eigenvalue weighted by molar-refractivity contribution is 0.165. The van der Waals surface area contributed by atoms with Crippen LogP contribution in [-0.4, -0.2) is 23.4 Å². The van der Waals surface area contributed by atoms with Crippen molar-refractivity contribution in [3.8, 4) is 0 Å². The van der Waals surface area contributed by atoms with E-state index in [1.807, 2.05) is 0 Å². The molecule has 0 saturated carbocycles. The average Bonchev–Trinajstić information content (AvgIpc) is 2.64. The van der Waals surface area contributed by atoms with Crippen molar-refractivity contribution < 1.29 is 14.4 Å². The van der Waals surface area contributed by atoms with E-state index in [4.69, 9.17) is 39.6 Å². The Bertz CT molecular complexity index is 931. The molecular formula is C19H19Cl3N4O3. The molecule has 0 aliphatic carbocycles. The van der Waals surface area contributed by atoms with Gasteiger partial charge in [-0.25, -0.2) is 9.59 Å². The fraction of sp³-hybridized carbons (Fsp3) is 0.211. The van der Waals surface area contributed by atoms with Crippen molar-refractivity contribution in [3.63, 3.8) is 0 Å². The fourth-order valence-corrected chi connectivity index (χ4v) is 2.43. The monoisotopic (exact) mass is 456 g/mol. The van der Waals surface area contributed by atoms with Gasteiger partial charge in [-0.05, 0) is 63.2 Å². The standard InChI is InChI=1S/C19H19Cl3N4O3/c1-11(26-29-18(28)24-14-8-9-15(21)16(22)10-14)19(2,3)25-17(27)23-13-6-4-12(20)5-7-13/h4-10H,1-3H3,(H,24,28)(H2,23,25,27). The highest BCUT2D eigenvalue weighted by Gasteiger charge is 2.25. The van der Waals surface area contributed by atoms with Gasteiger partial charge in [-0.3, -0.25) is 10.2 Å². The molecule has 0 heterocycles. The molecule has 0 aliphatic heterocycles. The van der Waals surface area contributed by atoms with Crippen LogP contribution in [0.3, 0.4) is 0 Å². The molecule has 0 spiro atoms. The molecule has 29 heavy (non-hydrogen) atoms. The maximum atomic E-state index is 12.2. The number of carbonyl (C=O) groups excluding carboxylic acids is 2. The maximum Gasteiger partial charge on any atom is 0.437 e. The molecule has 0 aliphatic rings. The van der Waals surface area contributed by atoms with Crippen LogP contribution in [0.4, 0.5) is 21.0 Å². The molecular weight excluding hydrogens is 439 g/mol. The van der Waals surface area contributed by atoms with Gasteiger partial charge in [0.1, 0.15) is 0 Å². The summed E-state index contributed by atoms with van der Waals surface area (Å²) < 4.78 is 0. The third kappa shape index (κ3) is 7.12. The van der Waals surface area contributed by atoms with Gasteiger partial charge < -0.3 is 10.6 Å². The molecule has 0 fully saturated rings. The van der Waals surface area contributed by atoms with E-state index in [1.165, 1.54) is 6.07 Å². The van der Waals surface area contributed by atoms with E-state index >= 15 is 0 Å². The largest absolute Gasteiger partial charge is 0.437 e. The molecule has 0 aromatic heterocycles. The summed E-state index contributed by atoms with van der Waals surface area (Å²) in [6.45, 7) is 5.05. The van der Waals surface area contributed by atoms with Crippen LogP contribution in [0.1, 0.15) is 20.8 Å². The van der Waals surface area contributed by atoms with Crippen molar-refractivity contribution >= 4 is 64.0 Å². The van der Waals surface area contributed by atoms with Crippen LogP contribution < -0.4 is 16.0 Å². The zero-order valence-electron chi connectivity index (χ0n) is 15.8. The van der Waals surface area contributed by atoms with Crippen LogP contribution in [0.25, 0.3) is 0 Å². The zero-order valence-corrected chi connectivity index (χ0v) is 18.1. The summed E-state index contributed by atoms with van der Waals surface area (Å²) in [5.41, 5.74) is 0.458. The Labute approximate surface area is 183 Å². The van der Waals surface area contributed by atoms with Gasteiger partial charge in [0.25, 0.3) is 0 Å². The van der Waals surface area contributed by atoms with E-state index in [0.29, 0.717) is 32.2 Å². The van der Waals surface area contributed by atoms with Gasteiger partial charge >= 0.3 is 12.1 Å². The number of oxime groups is 1. The second kappa shape index (κ2) is 9.82. The van der Waals surface area contributed by atoms with E-state index in [0.717, 1.165) is 0 Å². The molecule has 0 unspecified atom stereocenters. The lowest BCUT2D eigenvalue weighted by Crippen LogP contribution is -2.50. The topological polar surface area (TPSA) is 91.8 Å². The third-order valence-electron chi connectivity index (χ3n) is 3.86. The van der Waals surface area contributed by atoms with Crippen LogP contribution >= 0.6 is 34.8 Å². The number of benzene rings is 2. The number of nitrogens with one attached hydrogen (secondary N) is 3. The molecule has 2 aromatic carbocycles. The van der Waals surface area contributed by atoms with Gasteiger partial charge in [0.2, 0.25) is 0 Å². The van der Waals surface area contributed by atoms with Crippen molar-refractivity contribution in [1.29, 1.82) is 0 Å². The van der Waals surface area contributed by atoms with Crippen molar-refractivity contribution in [1.82, 2.24) is 5.32 Å². The number of anilines is 2. The summed E-state index contributed by atoms with van der Waals surface area (Å²) in [6.07, 6.45) is -0.816. The summed E-state index contributed by atoms with van der Waals surface area (Å²) in [6, 6.07) is 10.8. The Morgan fingerprint density at radius 2 is 1.55 bits per heavy atom. The molecule has 2 aromatic rings. The van der Waals surface area contributed by atoms with Gasteiger partial charge in [0.05, 0.1) is 21.3 Å². The van der Waals surface area contributed by atoms with E-state index < -0.39 is 17.7 Å². The lowest BCUT2D eigenvalue weighted by Gasteiger charge is -2.25. The van der Waals surface area contributed by atoms with E-state index in [2.05, 4.69) is 21.1 Å². The zero-order chi connectivity index (χ0) is 21.6. The summed E-state index contributed by atoms with van der Waals surface area (Å²) >= 11 is 17.5. The molecule has 10 heteroatoms. The molecule has 0 radical (unpaired) electrons. The number of halogens is 3. The van der Waals surface area contributed by atoms with Crippen LogP contribution in [0.5, 0.6) is 0 Å². The number of carbonyl (C=O) groups is 2. The van der Waals surface area contributed by atoms with E-state index in [9.17, 15) is 9.59 Å². The van der Waals surface area contributed by atoms with E-state index in [1.54, 1.807) is 57.2 Å². The number of amides is 3. The fourth-order valence-electron chi connectivity index (χ4n) is 2.01. The number of hydrogen-bond acceptors (Lipinski definition) is 4. The number of hydrogen-bond donors (Lipinski definition) is 3. The van der Waals surface area contributed by atoms with E-state index in [-0.39, 0.29) is 0 Å². The van der Waals surface area contributed by atoms with Crippen molar-refractivity contribution in [3.05, 3.63) is 57.5 Å². The van der Waals surface area contributed by atoms with Gasteiger partial charge in [0.15, 0.2) is 0 Å². The Morgan fingerprint density at radius 1 is 0.931 bits per heavy atom. The highest BCUT2D eigenvalue weighted by Crippen LogP contribution is 2.25. The summed E-state index contributed by atoms with van der Waals surface area (Å²) in [5, 5.41) is 12.9. The molecule has 0 saturated heterocycles. The van der Waals surface area contributed by atoms with Gasteiger partial charge in [-0.1, -0.05) is 40.0 Å². The number of rotatable bonds is 5. The summed E-state index contributed by atoms with van der Waals surface area (Å²) in [5.74, 6) is 0. The predicted octanol–water partition coefficient (Wildman–Crippen LogP) is 6.17. The normalized spacial score (nSPS) is 11.6. The van der Waals surface area contributed by atoms with Crippen molar-refractivity contribution in [2.75, 3.05) is 10.6 Å². The third-order valence-corrected chi connectivity index (χ3v) is 4.86. The second-order valence-electron chi connectivity index (χ2n) is 6.52.